The van der Waals surface area contributed by atoms with Crippen molar-refractivity contribution in [3.05, 3.63) is 12.2 Å². The zero-order valence-electron chi connectivity index (χ0n) is 17.9. The maximum atomic E-state index is 13.6. The number of alkyl halides is 17. The van der Waals surface area contributed by atoms with Gasteiger partial charge in [-0.2, -0.15) is 74.6 Å². The molecule has 0 heterocycles. The van der Waals surface area contributed by atoms with Crippen LogP contribution in [-0.2, 0) is 4.79 Å². The molecule has 0 bridgehead atoms. The lowest BCUT2D eigenvalue weighted by atomic mass is 9.89. The molecule has 19 heteroatoms. The molecule has 0 saturated heterocycles. The van der Waals surface area contributed by atoms with Gasteiger partial charge in [0.1, 0.15) is 0 Å². The first-order chi connectivity index (χ1) is 16.2. The van der Waals surface area contributed by atoms with Gasteiger partial charge in [-0.05, 0) is 25.3 Å². The quantitative estimate of drug-likeness (QED) is 0.119. The van der Waals surface area contributed by atoms with Gasteiger partial charge in [0, 0.05) is 6.42 Å². The Balaban J connectivity index is 5.81. The zero-order valence-corrected chi connectivity index (χ0v) is 17.9. The lowest BCUT2D eigenvalue weighted by molar-refractivity contribution is -0.459. The van der Waals surface area contributed by atoms with Crippen LogP contribution in [-0.4, -0.2) is 58.7 Å². The smallest absolute Gasteiger partial charge is 0.460 e. The minimum absolute atomic E-state index is 0.00999. The van der Waals surface area contributed by atoms with Gasteiger partial charge in [0.05, 0.1) is 0 Å². The van der Waals surface area contributed by atoms with Crippen LogP contribution < -0.4 is 0 Å². The minimum atomic E-state index is -8.63. The molecular formula is C18H17F17O2. The summed E-state index contributed by atoms with van der Waals surface area (Å²) >= 11 is 0. The molecule has 37 heavy (non-hydrogen) atoms. The normalized spacial score (nSPS) is 15.5. The van der Waals surface area contributed by atoms with E-state index in [0.29, 0.717) is 6.42 Å². The van der Waals surface area contributed by atoms with Crippen molar-refractivity contribution in [1.82, 2.24) is 0 Å². The van der Waals surface area contributed by atoms with Crippen LogP contribution in [0.1, 0.15) is 44.9 Å². The van der Waals surface area contributed by atoms with E-state index in [9.17, 15) is 79.4 Å². The van der Waals surface area contributed by atoms with E-state index >= 15 is 0 Å². The van der Waals surface area contributed by atoms with Crippen molar-refractivity contribution >= 4 is 5.97 Å². The van der Waals surface area contributed by atoms with E-state index in [1.54, 1.807) is 0 Å². The molecule has 2 nitrogen and oxygen atoms in total. The third-order valence-corrected chi connectivity index (χ3v) is 4.83. The van der Waals surface area contributed by atoms with E-state index in [2.05, 4.69) is 0 Å². The summed E-state index contributed by atoms with van der Waals surface area (Å²) in [5.41, 5.74) is 0. The molecule has 0 aliphatic rings. The second-order valence-electron chi connectivity index (χ2n) is 7.67. The van der Waals surface area contributed by atoms with Crippen LogP contribution in [0.15, 0.2) is 12.2 Å². The first-order valence-corrected chi connectivity index (χ1v) is 9.77. The molecule has 0 spiro atoms. The summed E-state index contributed by atoms with van der Waals surface area (Å²) in [6, 6.07) is 0. The third kappa shape index (κ3) is 6.37. The van der Waals surface area contributed by atoms with E-state index in [0.717, 1.165) is 0 Å². The fraction of sp³-hybridized carbons (Fsp3) is 0.833. The molecule has 1 N–H and O–H groups in total. The molecule has 0 aromatic heterocycles. The highest BCUT2D eigenvalue weighted by atomic mass is 19.4. The summed E-state index contributed by atoms with van der Waals surface area (Å²) in [6.45, 7) is 0. The number of unbranched alkanes of at least 4 members (excludes halogenated alkanes) is 5. The van der Waals surface area contributed by atoms with Crippen molar-refractivity contribution in [3.63, 3.8) is 0 Å². The Bertz CT molecular complexity index is 799. The Kier molecular flexibility index (Phi) is 10.4. The molecule has 220 valence electrons. The van der Waals surface area contributed by atoms with Crippen LogP contribution in [0.5, 0.6) is 0 Å². The van der Waals surface area contributed by atoms with Gasteiger partial charge in [-0.3, -0.25) is 4.79 Å². The highest BCUT2D eigenvalue weighted by Crippen LogP contribution is 2.64. The predicted octanol–water partition coefficient (Wildman–Crippen LogP) is 8.37. The number of aliphatic carboxylic acids is 1. The Hall–Kier alpha value is -1.98. The highest BCUT2D eigenvalue weighted by Gasteiger charge is 2.95. The van der Waals surface area contributed by atoms with Gasteiger partial charge in [0.25, 0.3) is 0 Å². The maximum Gasteiger partial charge on any atom is 0.460 e. The molecule has 0 aromatic carbocycles. The molecule has 0 fully saturated rings. The molecule has 0 saturated carbocycles. The van der Waals surface area contributed by atoms with Crippen molar-refractivity contribution in [1.29, 1.82) is 0 Å². The fourth-order valence-corrected chi connectivity index (χ4v) is 2.58. The Morgan fingerprint density at radius 2 is 0.865 bits per heavy atom. The van der Waals surface area contributed by atoms with Crippen LogP contribution in [0.25, 0.3) is 0 Å². The standard InChI is InChI=1S/C18H17F17O2/c19-11(20,9-7-5-3-1-2-4-6-8-10(36)37)12(21,22)13(23,24)14(25,26)15(27,28)16(29,30)17(31,32)18(33,34)35/h7,9H,1-6,8H2,(H,36,37)/b9-7-. The van der Waals surface area contributed by atoms with Crippen LogP contribution in [0.2, 0.25) is 0 Å². The van der Waals surface area contributed by atoms with Gasteiger partial charge in [0.15, 0.2) is 0 Å². The Morgan fingerprint density at radius 3 is 1.27 bits per heavy atom. The summed E-state index contributed by atoms with van der Waals surface area (Å²) in [7, 11) is 0. The minimum Gasteiger partial charge on any atom is -0.481 e. The average molecular weight is 588 g/mol. The van der Waals surface area contributed by atoms with Crippen molar-refractivity contribution in [2.45, 2.75) is 92.6 Å². The van der Waals surface area contributed by atoms with Gasteiger partial charge in [-0.25, -0.2) is 0 Å². The van der Waals surface area contributed by atoms with E-state index in [1.807, 2.05) is 0 Å². The van der Waals surface area contributed by atoms with Crippen LogP contribution in [0.4, 0.5) is 74.6 Å². The summed E-state index contributed by atoms with van der Waals surface area (Å²) in [5, 5.41) is 8.39. The lowest BCUT2D eigenvalue weighted by Crippen LogP contribution is -2.74. The molecule has 0 amide bonds. The number of halogens is 17. The number of hydrogen-bond donors (Lipinski definition) is 1. The van der Waals surface area contributed by atoms with Crippen molar-refractivity contribution in [3.8, 4) is 0 Å². The first kappa shape index (κ1) is 35.0. The maximum absolute atomic E-state index is 13.6. The summed E-state index contributed by atoms with van der Waals surface area (Å²) in [5.74, 6) is -57.5. The second kappa shape index (κ2) is 11.0. The number of carboxylic acid groups (broad SMARTS) is 1. The SMILES string of the molecule is O=C(O)CCCCCCC/C=C\C(F)(F)C(F)(F)C(F)(F)C(F)(F)C(F)(F)C(F)(F)C(F)(F)C(F)(F)F. The fourth-order valence-electron chi connectivity index (χ4n) is 2.58. The Morgan fingerprint density at radius 1 is 0.514 bits per heavy atom. The largest absolute Gasteiger partial charge is 0.481 e. The van der Waals surface area contributed by atoms with E-state index in [4.69, 9.17) is 5.11 Å². The summed E-state index contributed by atoms with van der Waals surface area (Å²) < 4.78 is 223. The topological polar surface area (TPSA) is 37.3 Å². The average Bonchev–Trinajstić information content (AvgIpc) is 2.70. The summed E-state index contributed by atoms with van der Waals surface area (Å²) in [6.07, 6.45) is -9.03. The predicted molar refractivity (Wildman–Crippen MR) is 89.8 cm³/mol. The molecule has 0 aromatic rings. The number of rotatable bonds is 15. The van der Waals surface area contributed by atoms with Gasteiger partial charge in [-0.15, -0.1) is 0 Å². The van der Waals surface area contributed by atoms with Gasteiger partial charge >= 0.3 is 53.6 Å². The lowest BCUT2D eigenvalue weighted by Gasteiger charge is -2.42. The molecule has 0 radical (unpaired) electrons. The van der Waals surface area contributed by atoms with Crippen LogP contribution >= 0.6 is 0 Å². The van der Waals surface area contributed by atoms with Crippen molar-refractivity contribution in [2.75, 3.05) is 0 Å². The monoisotopic (exact) mass is 588 g/mol. The van der Waals surface area contributed by atoms with E-state index in [1.165, 1.54) is 0 Å². The van der Waals surface area contributed by atoms with Crippen molar-refractivity contribution in [2.24, 2.45) is 0 Å². The second-order valence-corrected chi connectivity index (χ2v) is 7.67. The van der Waals surface area contributed by atoms with Gasteiger partial charge in [0.2, 0.25) is 0 Å². The number of hydrogen-bond acceptors (Lipinski definition) is 1. The number of carbonyl (C=O) groups is 1. The molecular weight excluding hydrogens is 571 g/mol. The number of allylic oxidation sites excluding steroid dienone is 2. The molecule has 0 atom stereocenters. The van der Waals surface area contributed by atoms with Crippen LogP contribution in [0.3, 0.4) is 0 Å². The molecule has 0 rings (SSSR count). The highest BCUT2D eigenvalue weighted by molar-refractivity contribution is 5.66. The zero-order chi connectivity index (χ0) is 29.9. The number of carboxylic acids is 1. The molecule has 0 unspecified atom stereocenters. The van der Waals surface area contributed by atoms with Gasteiger partial charge in [-0.1, -0.05) is 25.3 Å². The van der Waals surface area contributed by atoms with E-state index in [-0.39, 0.29) is 38.2 Å². The first-order valence-electron chi connectivity index (χ1n) is 9.77. The van der Waals surface area contributed by atoms with E-state index < -0.39 is 66.1 Å². The Labute approximate surface area is 196 Å². The third-order valence-electron chi connectivity index (χ3n) is 4.83. The van der Waals surface area contributed by atoms with Crippen molar-refractivity contribution < 1.29 is 84.5 Å². The molecule has 0 aliphatic carbocycles. The summed E-state index contributed by atoms with van der Waals surface area (Å²) in [4.78, 5) is 10.3. The van der Waals surface area contributed by atoms with Gasteiger partial charge < -0.3 is 5.11 Å². The molecule has 0 aliphatic heterocycles. The van der Waals surface area contributed by atoms with Crippen LogP contribution in [0, 0.1) is 0 Å².